The summed E-state index contributed by atoms with van der Waals surface area (Å²) in [7, 11) is 0. The maximum absolute atomic E-state index is 9.02. The average molecular weight is 274 g/mol. The van der Waals surface area contributed by atoms with E-state index in [1.165, 1.54) is 11.0 Å². The molecule has 5 nitrogen and oxygen atoms in total. The van der Waals surface area contributed by atoms with E-state index in [1.807, 2.05) is 6.07 Å². The molecule has 0 saturated carbocycles. The van der Waals surface area contributed by atoms with Crippen molar-refractivity contribution in [3.8, 4) is 17.8 Å². The topological polar surface area (TPSA) is 78.3 Å². The second-order valence-electron chi connectivity index (χ2n) is 2.87. The molecular formula is C10H4BrN5. The van der Waals surface area contributed by atoms with Crippen LogP contribution in [-0.4, -0.2) is 14.8 Å². The smallest absolute Gasteiger partial charge is 0.218 e. The molecule has 0 fully saturated rings. The molecule has 1 heterocycles. The van der Waals surface area contributed by atoms with Gasteiger partial charge in [-0.05, 0) is 28.1 Å². The second kappa shape index (κ2) is 4.13. The van der Waals surface area contributed by atoms with Gasteiger partial charge in [-0.25, -0.2) is 9.67 Å². The van der Waals surface area contributed by atoms with Crippen molar-refractivity contribution in [2.24, 2.45) is 0 Å². The molecule has 0 saturated heterocycles. The van der Waals surface area contributed by atoms with Crippen LogP contribution in [0.15, 0.2) is 29.0 Å². The van der Waals surface area contributed by atoms with Crippen molar-refractivity contribution in [3.05, 3.63) is 40.4 Å². The quantitative estimate of drug-likeness (QED) is 0.793. The SMILES string of the molecule is N#Cc1ncn(-c2cccc(Br)c2C#N)n1. The largest absolute Gasteiger partial charge is 0.252 e. The molecule has 0 aliphatic rings. The van der Waals surface area contributed by atoms with Gasteiger partial charge in [0.2, 0.25) is 0 Å². The van der Waals surface area contributed by atoms with E-state index in [-0.39, 0.29) is 5.82 Å². The second-order valence-corrected chi connectivity index (χ2v) is 3.72. The highest BCUT2D eigenvalue weighted by molar-refractivity contribution is 9.10. The Morgan fingerprint density at radius 2 is 2.06 bits per heavy atom. The summed E-state index contributed by atoms with van der Waals surface area (Å²) in [5.74, 6) is 0.0730. The Balaban J connectivity index is 2.61. The number of halogens is 1. The third-order valence-electron chi connectivity index (χ3n) is 1.94. The Kier molecular flexibility index (Phi) is 2.67. The number of rotatable bonds is 1. The number of benzene rings is 1. The van der Waals surface area contributed by atoms with Crippen LogP contribution in [0.4, 0.5) is 0 Å². The predicted molar refractivity (Wildman–Crippen MR) is 58.5 cm³/mol. The fraction of sp³-hybridized carbons (Fsp3) is 0. The summed E-state index contributed by atoms with van der Waals surface area (Å²) in [6.45, 7) is 0. The highest BCUT2D eigenvalue weighted by Gasteiger charge is 2.09. The van der Waals surface area contributed by atoms with Gasteiger partial charge in [-0.3, -0.25) is 0 Å². The third kappa shape index (κ3) is 1.67. The van der Waals surface area contributed by atoms with Gasteiger partial charge in [-0.15, -0.1) is 5.10 Å². The number of nitrogens with zero attached hydrogens (tertiary/aromatic N) is 5. The Morgan fingerprint density at radius 1 is 1.25 bits per heavy atom. The van der Waals surface area contributed by atoms with Crippen molar-refractivity contribution >= 4 is 15.9 Å². The van der Waals surface area contributed by atoms with Crippen molar-refractivity contribution < 1.29 is 0 Å². The highest BCUT2D eigenvalue weighted by atomic mass is 79.9. The fourth-order valence-corrected chi connectivity index (χ4v) is 1.69. The molecule has 0 amide bonds. The summed E-state index contributed by atoms with van der Waals surface area (Å²) in [6, 6.07) is 9.19. The molecule has 0 unspecified atom stereocenters. The van der Waals surface area contributed by atoms with Crippen LogP contribution in [0.3, 0.4) is 0 Å². The molecule has 0 aliphatic carbocycles. The van der Waals surface area contributed by atoms with E-state index >= 15 is 0 Å². The van der Waals surface area contributed by atoms with Gasteiger partial charge in [0.15, 0.2) is 0 Å². The standard InChI is InChI=1S/C10H4BrN5/c11-8-2-1-3-9(7(8)4-12)16-6-14-10(5-13)15-16/h1-3,6H. The average Bonchev–Trinajstić information content (AvgIpc) is 2.77. The normalized spacial score (nSPS) is 9.44. The Hall–Kier alpha value is -2.18. The van der Waals surface area contributed by atoms with Crippen LogP contribution in [0, 0.1) is 22.7 Å². The molecule has 76 valence electrons. The lowest BCUT2D eigenvalue weighted by Crippen LogP contribution is -1.99. The maximum Gasteiger partial charge on any atom is 0.252 e. The van der Waals surface area contributed by atoms with Gasteiger partial charge in [0.25, 0.3) is 5.82 Å². The van der Waals surface area contributed by atoms with Gasteiger partial charge in [0.05, 0.1) is 11.3 Å². The fourth-order valence-electron chi connectivity index (χ4n) is 1.24. The van der Waals surface area contributed by atoms with Crippen LogP contribution in [0.5, 0.6) is 0 Å². The van der Waals surface area contributed by atoms with E-state index in [1.54, 1.807) is 18.2 Å². The minimum atomic E-state index is 0.0730. The van der Waals surface area contributed by atoms with E-state index in [0.29, 0.717) is 15.7 Å². The lowest BCUT2D eigenvalue weighted by atomic mass is 10.2. The molecule has 1 aromatic heterocycles. The highest BCUT2D eigenvalue weighted by Crippen LogP contribution is 2.22. The minimum Gasteiger partial charge on any atom is -0.218 e. The molecule has 0 aliphatic heterocycles. The monoisotopic (exact) mass is 273 g/mol. The molecule has 2 aromatic rings. The van der Waals surface area contributed by atoms with E-state index in [2.05, 4.69) is 32.1 Å². The molecule has 6 heteroatoms. The summed E-state index contributed by atoms with van der Waals surface area (Å²) in [5.41, 5.74) is 1.04. The van der Waals surface area contributed by atoms with Crippen molar-refractivity contribution in [1.29, 1.82) is 10.5 Å². The van der Waals surface area contributed by atoms with E-state index in [0.717, 1.165) is 0 Å². The molecule has 0 bridgehead atoms. The van der Waals surface area contributed by atoms with Crippen molar-refractivity contribution in [2.45, 2.75) is 0 Å². The Labute approximate surface area is 99.7 Å². The molecule has 1 aromatic carbocycles. The van der Waals surface area contributed by atoms with Gasteiger partial charge in [-0.1, -0.05) is 6.07 Å². The zero-order valence-corrected chi connectivity index (χ0v) is 9.51. The van der Waals surface area contributed by atoms with Gasteiger partial charge < -0.3 is 0 Å². The van der Waals surface area contributed by atoms with Gasteiger partial charge in [0.1, 0.15) is 18.5 Å². The first-order chi connectivity index (χ1) is 7.76. The first-order valence-corrected chi connectivity index (χ1v) is 5.06. The van der Waals surface area contributed by atoms with Crippen LogP contribution >= 0.6 is 15.9 Å². The lowest BCUT2D eigenvalue weighted by Gasteiger charge is -2.03. The van der Waals surface area contributed by atoms with Gasteiger partial charge >= 0.3 is 0 Å². The zero-order chi connectivity index (χ0) is 11.5. The van der Waals surface area contributed by atoms with Crippen molar-refractivity contribution in [3.63, 3.8) is 0 Å². The minimum absolute atomic E-state index is 0.0730. The number of hydrogen-bond acceptors (Lipinski definition) is 4. The van der Waals surface area contributed by atoms with Crippen LogP contribution in [-0.2, 0) is 0 Å². The van der Waals surface area contributed by atoms with E-state index in [4.69, 9.17) is 10.5 Å². The van der Waals surface area contributed by atoms with Crippen LogP contribution < -0.4 is 0 Å². The molecule has 2 rings (SSSR count). The van der Waals surface area contributed by atoms with Crippen LogP contribution in [0.25, 0.3) is 5.69 Å². The summed E-state index contributed by atoms with van der Waals surface area (Å²) >= 11 is 3.28. The van der Waals surface area contributed by atoms with Gasteiger partial charge in [-0.2, -0.15) is 10.5 Å². The number of aromatic nitrogens is 3. The van der Waals surface area contributed by atoms with Crippen molar-refractivity contribution in [2.75, 3.05) is 0 Å². The predicted octanol–water partition coefficient (Wildman–Crippen LogP) is 1.77. The summed E-state index contributed by atoms with van der Waals surface area (Å²) in [6.07, 6.45) is 1.40. The Morgan fingerprint density at radius 3 is 2.69 bits per heavy atom. The lowest BCUT2D eigenvalue weighted by molar-refractivity contribution is 0.869. The molecule has 0 radical (unpaired) electrons. The van der Waals surface area contributed by atoms with Crippen molar-refractivity contribution in [1.82, 2.24) is 14.8 Å². The molecular weight excluding hydrogens is 270 g/mol. The first kappa shape index (κ1) is 10.3. The molecule has 0 atom stereocenters. The summed E-state index contributed by atoms with van der Waals surface area (Å²) in [4.78, 5) is 3.78. The number of hydrogen-bond donors (Lipinski definition) is 0. The molecule has 16 heavy (non-hydrogen) atoms. The summed E-state index contributed by atoms with van der Waals surface area (Å²) < 4.78 is 2.09. The molecule has 0 N–H and O–H groups in total. The third-order valence-corrected chi connectivity index (χ3v) is 2.60. The van der Waals surface area contributed by atoms with E-state index in [9.17, 15) is 0 Å². The maximum atomic E-state index is 9.02. The van der Waals surface area contributed by atoms with Crippen LogP contribution in [0.1, 0.15) is 11.4 Å². The van der Waals surface area contributed by atoms with E-state index < -0.39 is 0 Å². The Bertz CT molecular complexity index is 617. The van der Waals surface area contributed by atoms with Crippen LogP contribution in [0.2, 0.25) is 0 Å². The number of nitriles is 2. The van der Waals surface area contributed by atoms with Gasteiger partial charge in [0, 0.05) is 4.47 Å². The zero-order valence-electron chi connectivity index (χ0n) is 7.92. The first-order valence-electron chi connectivity index (χ1n) is 4.27. The summed E-state index contributed by atoms with van der Waals surface area (Å²) in [5, 5.41) is 21.6. The molecule has 0 spiro atoms.